The summed E-state index contributed by atoms with van der Waals surface area (Å²) in [6.07, 6.45) is 0.977. The first kappa shape index (κ1) is 13.4. The standard InChI is InChI=1S/C15H25N3/c1-3-17-8-10-18(11-9-17)15-5-4-14(6-7-16)12-13(15)2/h4-5,12H,3,6-11,16H2,1-2H3. The van der Waals surface area contributed by atoms with Crippen molar-refractivity contribution in [1.82, 2.24) is 4.90 Å². The zero-order valence-electron chi connectivity index (χ0n) is 11.7. The van der Waals surface area contributed by atoms with Crippen molar-refractivity contribution in [3.05, 3.63) is 29.3 Å². The van der Waals surface area contributed by atoms with Crippen LogP contribution in [0.3, 0.4) is 0 Å². The van der Waals surface area contributed by atoms with Crippen LogP contribution < -0.4 is 10.6 Å². The first-order valence-electron chi connectivity index (χ1n) is 7.01. The molecule has 100 valence electrons. The summed E-state index contributed by atoms with van der Waals surface area (Å²) in [4.78, 5) is 5.02. The van der Waals surface area contributed by atoms with Gasteiger partial charge in [-0.2, -0.15) is 0 Å². The van der Waals surface area contributed by atoms with Crippen molar-refractivity contribution < 1.29 is 0 Å². The topological polar surface area (TPSA) is 32.5 Å². The maximum Gasteiger partial charge on any atom is 0.0397 e. The Hall–Kier alpha value is -1.06. The molecule has 0 saturated carbocycles. The normalized spacial score (nSPS) is 17.2. The molecule has 1 aromatic carbocycles. The number of likely N-dealkylation sites (N-methyl/N-ethyl adjacent to an activating group) is 1. The van der Waals surface area contributed by atoms with Crippen LogP contribution in [0.15, 0.2) is 18.2 Å². The lowest BCUT2D eigenvalue weighted by atomic mass is 10.1. The number of nitrogens with two attached hydrogens (primary N) is 1. The maximum atomic E-state index is 5.61. The lowest BCUT2D eigenvalue weighted by Crippen LogP contribution is -2.46. The third-order valence-electron chi connectivity index (χ3n) is 3.85. The first-order valence-corrected chi connectivity index (χ1v) is 7.01. The van der Waals surface area contributed by atoms with E-state index in [4.69, 9.17) is 5.73 Å². The van der Waals surface area contributed by atoms with Crippen molar-refractivity contribution in [3.8, 4) is 0 Å². The second-order valence-electron chi connectivity index (χ2n) is 5.08. The lowest BCUT2D eigenvalue weighted by Gasteiger charge is -2.36. The summed E-state index contributed by atoms with van der Waals surface area (Å²) in [6, 6.07) is 6.78. The summed E-state index contributed by atoms with van der Waals surface area (Å²) in [5, 5.41) is 0. The number of hydrogen-bond acceptors (Lipinski definition) is 3. The van der Waals surface area contributed by atoms with Crippen LogP contribution >= 0.6 is 0 Å². The molecule has 0 radical (unpaired) electrons. The van der Waals surface area contributed by atoms with Crippen molar-refractivity contribution in [2.75, 3.05) is 44.2 Å². The van der Waals surface area contributed by atoms with Crippen LogP contribution in [0.5, 0.6) is 0 Å². The van der Waals surface area contributed by atoms with Crippen molar-refractivity contribution >= 4 is 5.69 Å². The SMILES string of the molecule is CCN1CCN(c2ccc(CCN)cc2C)CC1. The lowest BCUT2D eigenvalue weighted by molar-refractivity contribution is 0.271. The Morgan fingerprint density at radius 1 is 1.17 bits per heavy atom. The van der Waals surface area contributed by atoms with Gasteiger partial charge in [-0.05, 0) is 43.6 Å². The molecule has 3 nitrogen and oxygen atoms in total. The van der Waals surface area contributed by atoms with Gasteiger partial charge >= 0.3 is 0 Å². The number of aryl methyl sites for hydroxylation is 1. The Kier molecular flexibility index (Phi) is 4.61. The van der Waals surface area contributed by atoms with Crippen molar-refractivity contribution in [3.63, 3.8) is 0 Å². The number of benzene rings is 1. The fourth-order valence-electron chi connectivity index (χ4n) is 2.70. The second kappa shape index (κ2) is 6.21. The molecule has 2 N–H and O–H groups in total. The Labute approximate surface area is 111 Å². The quantitative estimate of drug-likeness (QED) is 0.878. The van der Waals surface area contributed by atoms with Crippen LogP contribution in [0.2, 0.25) is 0 Å². The Balaban J connectivity index is 2.05. The zero-order valence-corrected chi connectivity index (χ0v) is 11.7. The summed E-state index contributed by atoms with van der Waals surface area (Å²) in [5.41, 5.74) is 9.73. The molecule has 0 aliphatic carbocycles. The third kappa shape index (κ3) is 3.03. The molecule has 0 unspecified atom stereocenters. The molecule has 18 heavy (non-hydrogen) atoms. The van der Waals surface area contributed by atoms with E-state index in [2.05, 4.69) is 41.8 Å². The van der Waals surface area contributed by atoms with E-state index in [-0.39, 0.29) is 0 Å². The molecule has 0 spiro atoms. The smallest absolute Gasteiger partial charge is 0.0397 e. The van der Waals surface area contributed by atoms with E-state index >= 15 is 0 Å². The second-order valence-corrected chi connectivity index (χ2v) is 5.08. The van der Waals surface area contributed by atoms with E-state index in [9.17, 15) is 0 Å². The molecule has 3 heteroatoms. The first-order chi connectivity index (χ1) is 8.74. The molecule has 0 amide bonds. The van der Waals surface area contributed by atoms with Gasteiger partial charge in [0.1, 0.15) is 0 Å². The molecule has 1 fully saturated rings. The molecule has 1 aliphatic heterocycles. The number of hydrogen-bond donors (Lipinski definition) is 1. The van der Waals surface area contributed by atoms with Gasteiger partial charge in [-0.3, -0.25) is 0 Å². The van der Waals surface area contributed by atoms with E-state index in [1.54, 1.807) is 0 Å². The molecule has 2 rings (SSSR count). The molecule has 1 saturated heterocycles. The van der Waals surface area contributed by atoms with Gasteiger partial charge in [0.2, 0.25) is 0 Å². The zero-order chi connectivity index (χ0) is 13.0. The Morgan fingerprint density at radius 2 is 1.89 bits per heavy atom. The predicted molar refractivity (Wildman–Crippen MR) is 78.3 cm³/mol. The highest BCUT2D eigenvalue weighted by atomic mass is 15.3. The monoisotopic (exact) mass is 247 g/mol. The van der Waals surface area contributed by atoms with E-state index in [0.717, 1.165) is 26.1 Å². The number of rotatable bonds is 4. The molecule has 1 aromatic rings. The minimum absolute atomic E-state index is 0.730. The van der Waals surface area contributed by atoms with Gasteiger partial charge in [-0.1, -0.05) is 19.1 Å². The van der Waals surface area contributed by atoms with Crippen LogP contribution in [0, 0.1) is 6.92 Å². The number of anilines is 1. The van der Waals surface area contributed by atoms with Gasteiger partial charge in [-0.15, -0.1) is 0 Å². The van der Waals surface area contributed by atoms with Crippen LogP contribution in [-0.2, 0) is 6.42 Å². The highest BCUT2D eigenvalue weighted by Gasteiger charge is 2.17. The van der Waals surface area contributed by atoms with Crippen molar-refractivity contribution in [2.24, 2.45) is 5.73 Å². The van der Waals surface area contributed by atoms with Crippen molar-refractivity contribution in [2.45, 2.75) is 20.3 Å². The molecule has 1 aliphatic rings. The van der Waals surface area contributed by atoms with Crippen LogP contribution in [0.4, 0.5) is 5.69 Å². The molecule has 0 atom stereocenters. The third-order valence-corrected chi connectivity index (χ3v) is 3.85. The summed E-state index contributed by atoms with van der Waals surface area (Å²) >= 11 is 0. The fraction of sp³-hybridized carbons (Fsp3) is 0.600. The molecular weight excluding hydrogens is 222 g/mol. The van der Waals surface area contributed by atoms with Gasteiger partial charge in [-0.25, -0.2) is 0 Å². The van der Waals surface area contributed by atoms with E-state index in [1.165, 1.54) is 36.4 Å². The fourth-order valence-corrected chi connectivity index (χ4v) is 2.70. The van der Waals surface area contributed by atoms with Gasteiger partial charge in [0.25, 0.3) is 0 Å². The average molecular weight is 247 g/mol. The molecule has 0 bridgehead atoms. The summed E-state index contributed by atoms with van der Waals surface area (Å²) in [6.45, 7) is 11.0. The largest absolute Gasteiger partial charge is 0.369 e. The maximum absolute atomic E-state index is 5.61. The van der Waals surface area contributed by atoms with Gasteiger partial charge in [0.05, 0.1) is 0 Å². The van der Waals surface area contributed by atoms with Gasteiger partial charge in [0, 0.05) is 31.9 Å². The van der Waals surface area contributed by atoms with E-state index in [0.29, 0.717) is 0 Å². The van der Waals surface area contributed by atoms with Crippen molar-refractivity contribution in [1.29, 1.82) is 0 Å². The molecule has 1 heterocycles. The predicted octanol–water partition coefficient (Wildman–Crippen LogP) is 1.64. The summed E-state index contributed by atoms with van der Waals surface area (Å²) in [7, 11) is 0. The molecule has 0 aromatic heterocycles. The summed E-state index contributed by atoms with van der Waals surface area (Å²) < 4.78 is 0. The Bertz CT molecular complexity index is 381. The van der Waals surface area contributed by atoms with Crippen LogP contribution in [0.25, 0.3) is 0 Å². The van der Waals surface area contributed by atoms with Crippen LogP contribution in [-0.4, -0.2) is 44.2 Å². The number of piperazine rings is 1. The minimum atomic E-state index is 0.730. The summed E-state index contributed by atoms with van der Waals surface area (Å²) in [5.74, 6) is 0. The minimum Gasteiger partial charge on any atom is -0.369 e. The number of nitrogens with zero attached hydrogens (tertiary/aromatic N) is 2. The highest BCUT2D eigenvalue weighted by molar-refractivity contribution is 5.54. The van der Waals surface area contributed by atoms with E-state index in [1.807, 2.05) is 0 Å². The van der Waals surface area contributed by atoms with Gasteiger partial charge < -0.3 is 15.5 Å². The Morgan fingerprint density at radius 3 is 2.44 bits per heavy atom. The molecular formula is C15H25N3. The highest BCUT2D eigenvalue weighted by Crippen LogP contribution is 2.22. The van der Waals surface area contributed by atoms with Gasteiger partial charge in [0.15, 0.2) is 0 Å². The van der Waals surface area contributed by atoms with E-state index < -0.39 is 0 Å². The average Bonchev–Trinajstić information content (AvgIpc) is 2.40. The van der Waals surface area contributed by atoms with Crippen LogP contribution in [0.1, 0.15) is 18.1 Å².